The molecule has 0 radical (unpaired) electrons. The van der Waals surface area contributed by atoms with Crippen LogP contribution in [0.4, 0.5) is 0 Å². The molecule has 0 aliphatic heterocycles. The molecule has 0 unspecified atom stereocenters. The van der Waals surface area contributed by atoms with Crippen molar-refractivity contribution < 1.29 is 21.5 Å². The molecule has 0 saturated carbocycles. The van der Waals surface area contributed by atoms with E-state index in [1.54, 1.807) is 0 Å². The third-order valence-electron chi connectivity index (χ3n) is 1.23. The van der Waals surface area contributed by atoms with Gasteiger partial charge in [-0.25, -0.2) is 9.55 Å². The number of rotatable bonds is 1. The van der Waals surface area contributed by atoms with Gasteiger partial charge >= 0.3 is 0 Å². The highest BCUT2D eigenvalue weighted by atomic mass is 79.9. The quantitative estimate of drug-likeness (QED) is 0.503. The number of aryl methyl sites for hydroxylation is 1. The fourth-order valence-corrected chi connectivity index (χ4v) is 0.740. The minimum absolute atomic E-state index is 0. The number of aromatic amines is 1. The van der Waals surface area contributed by atoms with E-state index in [1.807, 2.05) is 43.1 Å². The van der Waals surface area contributed by atoms with E-state index in [4.69, 9.17) is 0 Å². The highest BCUT2D eigenvalue weighted by molar-refractivity contribution is 5.35. The third kappa shape index (κ3) is 1.99. The highest BCUT2D eigenvalue weighted by Crippen LogP contribution is 1.86. The monoisotopic (exact) mass is 202 g/mol. The number of imidazole rings is 1. The van der Waals surface area contributed by atoms with Crippen LogP contribution in [0.3, 0.4) is 0 Å². The van der Waals surface area contributed by atoms with Crippen molar-refractivity contribution >= 4 is 6.08 Å². The summed E-state index contributed by atoms with van der Waals surface area (Å²) in [5.41, 5.74) is 0. The number of allylic oxidation sites excluding steroid dienone is 1. The first-order chi connectivity index (χ1) is 4.34. The number of aromatic nitrogens is 2. The molecule has 0 atom stereocenters. The maximum Gasteiger partial charge on any atom is 0.278 e. The van der Waals surface area contributed by atoms with E-state index in [0.717, 1.165) is 5.82 Å². The minimum atomic E-state index is 0. The fourth-order valence-electron chi connectivity index (χ4n) is 0.740. The van der Waals surface area contributed by atoms with E-state index in [2.05, 4.69) is 4.98 Å². The molecule has 10 heavy (non-hydrogen) atoms. The van der Waals surface area contributed by atoms with E-state index in [1.165, 1.54) is 0 Å². The van der Waals surface area contributed by atoms with Crippen LogP contribution >= 0.6 is 0 Å². The molecule has 0 bridgehead atoms. The van der Waals surface area contributed by atoms with Crippen LogP contribution in [-0.2, 0) is 7.05 Å². The van der Waals surface area contributed by atoms with E-state index in [0.29, 0.717) is 0 Å². The largest absolute Gasteiger partial charge is 1.00 e. The van der Waals surface area contributed by atoms with Crippen molar-refractivity contribution in [3.63, 3.8) is 0 Å². The van der Waals surface area contributed by atoms with Crippen molar-refractivity contribution in [2.24, 2.45) is 7.05 Å². The second-order valence-electron chi connectivity index (χ2n) is 1.96. The van der Waals surface area contributed by atoms with Crippen LogP contribution in [0, 0.1) is 0 Å². The van der Waals surface area contributed by atoms with E-state index < -0.39 is 0 Å². The van der Waals surface area contributed by atoms with Crippen molar-refractivity contribution in [1.29, 1.82) is 0 Å². The molecule has 1 rings (SSSR count). The molecule has 0 amide bonds. The van der Waals surface area contributed by atoms with Crippen LogP contribution in [0.15, 0.2) is 18.5 Å². The Kier molecular flexibility index (Phi) is 4.03. The first-order valence-electron chi connectivity index (χ1n) is 3.00. The first-order valence-corrected chi connectivity index (χ1v) is 3.00. The molecule has 0 fully saturated rings. The fraction of sp³-hybridized carbons (Fsp3) is 0.286. The highest BCUT2D eigenvalue weighted by Gasteiger charge is 1.97. The average Bonchev–Trinajstić information content (AvgIpc) is 2.18. The number of hydrogen-bond donors (Lipinski definition) is 1. The summed E-state index contributed by atoms with van der Waals surface area (Å²) in [5.74, 6) is 1.12. The molecule has 56 valence electrons. The lowest BCUT2D eigenvalue weighted by Crippen LogP contribution is -3.00. The van der Waals surface area contributed by atoms with Gasteiger partial charge < -0.3 is 17.0 Å². The zero-order valence-corrected chi connectivity index (χ0v) is 7.72. The normalized spacial score (nSPS) is 9.80. The van der Waals surface area contributed by atoms with Crippen LogP contribution in [0.1, 0.15) is 12.7 Å². The molecule has 1 heterocycles. The van der Waals surface area contributed by atoms with Gasteiger partial charge in [0.25, 0.3) is 5.82 Å². The maximum absolute atomic E-state index is 3.08. The Labute approximate surface area is 71.4 Å². The number of hydrogen-bond acceptors (Lipinski definition) is 0. The molecule has 0 aromatic carbocycles. The number of halogens is 1. The SMILES string of the molecule is CC=Cc1[nH]cc[n+]1C.[Br-]. The molecule has 0 spiro atoms. The molecular weight excluding hydrogens is 192 g/mol. The standard InChI is InChI=1S/C7H10N2.BrH/c1-3-4-7-8-5-6-9(7)2;/h3-6H,1-2H3;1H. The van der Waals surface area contributed by atoms with Gasteiger partial charge in [-0.3, -0.25) is 0 Å². The zero-order chi connectivity index (χ0) is 6.69. The molecule has 0 aliphatic rings. The summed E-state index contributed by atoms with van der Waals surface area (Å²) in [4.78, 5) is 3.08. The van der Waals surface area contributed by atoms with Crippen molar-refractivity contribution in [2.75, 3.05) is 0 Å². The van der Waals surface area contributed by atoms with Crippen molar-refractivity contribution in [3.05, 3.63) is 24.3 Å². The number of H-pyrrole nitrogens is 1. The molecule has 0 saturated heterocycles. The van der Waals surface area contributed by atoms with Gasteiger partial charge in [-0.1, -0.05) is 6.08 Å². The van der Waals surface area contributed by atoms with Crippen LogP contribution in [0.2, 0.25) is 0 Å². The summed E-state index contributed by atoms with van der Waals surface area (Å²) >= 11 is 0. The smallest absolute Gasteiger partial charge is 0.278 e. The lowest BCUT2D eigenvalue weighted by atomic mass is 10.5. The lowest BCUT2D eigenvalue weighted by molar-refractivity contribution is -0.671. The summed E-state index contributed by atoms with van der Waals surface area (Å²) < 4.78 is 2.03. The Bertz CT molecular complexity index is 215. The molecule has 2 nitrogen and oxygen atoms in total. The Morgan fingerprint density at radius 3 is 2.70 bits per heavy atom. The van der Waals surface area contributed by atoms with Crippen LogP contribution in [-0.4, -0.2) is 4.98 Å². The van der Waals surface area contributed by atoms with E-state index in [9.17, 15) is 0 Å². The molecule has 1 aromatic heterocycles. The van der Waals surface area contributed by atoms with Crippen molar-refractivity contribution in [1.82, 2.24) is 4.98 Å². The molecule has 3 heteroatoms. The van der Waals surface area contributed by atoms with Gasteiger partial charge in [0, 0.05) is 6.08 Å². The molecule has 0 aliphatic carbocycles. The van der Waals surface area contributed by atoms with Gasteiger partial charge in [0.1, 0.15) is 12.4 Å². The van der Waals surface area contributed by atoms with Gasteiger partial charge in [-0.2, -0.15) is 0 Å². The molecule has 1 N–H and O–H groups in total. The summed E-state index contributed by atoms with van der Waals surface area (Å²) in [6.45, 7) is 2.00. The predicted molar refractivity (Wildman–Crippen MR) is 36.7 cm³/mol. The predicted octanol–water partition coefficient (Wildman–Crippen LogP) is -2.12. The van der Waals surface area contributed by atoms with Gasteiger partial charge in [-0.15, -0.1) is 0 Å². The Morgan fingerprint density at radius 2 is 2.30 bits per heavy atom. The van der Waals surface area contributed by atoms with Gasteiger partial charge in [-0.05, 0) is 6.92 Å². The van der Waals surface area contributed by atoms with Crippen LogP contribution in [0.25, 0.3) is 6.08 Å². The van der Waals surface area contributed by atoms with Crippen molar-refractivity contribution in [2.45, 2.75) is 6.92 Å². The molecule has 1 aromatic rings. The summed E-state index contributed by atoms with van der Waals surface area (Å²) in [7, 11) is 2.01. The number of nitrogens with zero attached hydrogens (tertiary/aromatic N) is 1. The third-order valence-corrected chi connectivity index (χ3v) is 1.23. The first kappa shape index (κ1) is 9.43. The second-order valence-corrected chi connectivity index (χ2v) is 1.96. The van der Waals surface area contributed by atoms with Crippen molar-refractivity contribution in [3.8, 4) is 0 Å². The summed E-state index contributed by atoms with van der Waals surface area (Å²) in [6.07, 6.45) is 7.93. The molecular formula is C7H11BrN2. The van der Waals surface area contributed by atoms with Crippen LogP contribution in [0.5, 0.6) is 0 Å². The maximum atomic E-state index is 3.08. The second kappa shape index (κ2) is 4.28. The van der Waals surface area contributed by atoms with Crippen LogP contribution < -0.4 is 21.5 Å². The topological polar surface area (TPSA) is 19.7 Å². The number of nitrogens with one attached hydrogen (secondary N) is 1. The van der Waals surface area contributed by atoms with Gasteiger partial charge in [0.05, 0.1) is 7.05 Å². The van der Waals surface area contributed by atoms with E-state index in [-0.39, 0.29) is 17.0 Å². The van der Waals surface area contributed by atoms with E-state index >= 15 is 0 Å². The zero-order valence-electron chi connectivity index (χ0n) is 6.13. The summed E-state index contributed by atoms with van der Waals surface area (Å²) in [6, 6.07) is 0. The van der Waals surface area contributed by atoms with Gasteiger partial charge in [0.2, 0.25) is 0 Å². The summed E-state index contributed by atoms with van der Waals surface area (Å²) in [5, 5.41) is 0. The lowest BCUT2D eigenvalue weighted by Gasteiger charge is -1.81. The Hall–Kier alpha value is -0.570. The Balaban J connectivity index is 0.000000810. The van der Waals surface area contributed by atoms with Gasteiger partial charge in [0.15, 0.2) is 0 Å². The minimum Gasteiger partial charge on any atom is -1.00 e. The average molecular weight is 203 g/mol. The Morgan fingerprint density at radius 1 is 1.60 bits per heavy atom.